The molecule has 0 bridgehead atoms. The number of β-amino-alcohol motifs (C(OH)–C–C–N with tert-alkyl or cyclic N) is 1. The van der Waals surface area contributed by atoms with Gasteiger partial charge in [-0.15, -0.1) is 12.4 Å². The summed E-state index contributed by atoms with van der Waals surface area (Å²) in [5, 5.41) is 23.4. The molecule has 3 aromatic rings. The molecule has 11 heteroatoms. The summed E-state index contributed by atoms with van der Waals surface area (Å²) < 4.78 is 31.0. The lowest BCUT2D eigenvalue weighted by Crippen LogP contribution is -2.30. The molecule has 0 radical (unpaired) electrons. The quantitative estimate of drug-likeness (QED) is 0.454. The van der Waals surface area contributed by atoms with Gasteiger partial charge < -0.3 is 29.5 Å². The fourth-order valence-electron chi connectivity index (χ4n) is 4.82. The number of aromatic nitrogens is 2. The molecule has 1 aromatic carbocycles. The van der Waals surface area contributed by atoms with Crippen molar-refractivity contribution in [1.82, 2.24) is 20.2 Å². The van der Waals surface area contributed by atoms with Crippen LogP contribution in [0.4, 0.5) is 4.39 Å². The van der Waals surface area contributed by atoms with Crippen molar-refractivity contribution in [3.63, 3.8) is 0 Å². The van der Waals surface area contributed by atoms with E-state index in [9.17, 15) is 14.8 Å². The van der Waals surface area contributed by atoms with Crippen LogP contribution >= 0.6 is 12.4 Å². The van der Waals surface area contributed by atoms with E-state index in [1.54, 1.807) is 18.2 Å². The van der Waals surface area contributed by atoms with E-state index in [4.69, 9.17) is 14.2 Å². The van der Waals surface area contributed by atoms with E-state index in [1.165, 1.54) is 13.3 Å². The van der Waals surface area contributed by atoms with Crippen molar-refractivity contribution >= 4 is 23.4 Å². The highest BCUT2D eigenvalue weighted by Gasteiger charge is 2.31. The number of benzene rings is 1. The normalized spacial score (nSPS) is 18.9. The smallest absolute Gasteiger partial charge is 0.213 e. The molecule has 2 aromatic heterocycles. The number of aliphatic hydroxyl groups is 1. The first-order valence-electron chi connectivity index (χ1n) is 12.0. The minimum absolute atomic E-state index is 0. The Bertz CT molecular complexity index is 1300. The van der Waals surface area contributed by atoms with E-state index in [0.717, 1.165) is 5.56 Å². The number of hydrogen-bond acceptors (Lipinski definition) is 9. The van der Waals surface area contributed by atoms with Crippen LogP contribution in [0.2, 0.25) is 0 Å². The molecule has 2 aliphatic rings. The highest BCUT2D eigenvalue weighted by Crippen LogP contribution is 2.35. The minimum atomic E-state index is -0.482. The monoisotopic (exact) mass is 529 g/mol. The molecule has 0 amide bonds. The Morgan fingerprint density at radius 3 is 2.92 bits per heavy atom. The summed E-state index contributed by atoms with van der Waals surface area (Å²) in [5.41, 5.74) is 3.00. The lowest BCUT2D eigenvalue weighted by molar-refractivity contribution is 0.140. The zero-order chi connectivity index (χ0) is 25.1. The van der Waals surface area contributed by atoms with Gasteiger partial charge in [0, 0.05) is 50.3 Å². The number of ether oxygens (including phenoxy) is 3. The first-order chi connectivity index (χ1) is 17.6. The summed E-state index contributed by atoms with van der Waals surface area (Å²) in [7, 11) is 1.52. The number of halogens is 2. The Balaban J connectivity index is 0.00000320. The van der Waals surface area contributed by atoms with Crippen LogP contribution in [-0.2, 0) is 13.0 Å². The van der Waals surface area contributed by atoms with Crippen LogP contribution < -0.4 is 19.5 Å². The van der Waals surface area contributed by atoms with Gasteiger partial charge in [0.1, 0.15) is 25.1 Å². The minimum Gasteiger partial charge on any atom is -0.486 e. The van der Waals surface area contributed by atoms with Crippen LogP contribution in [-0.4, -0.2) is 72.6 Å². The van der Waals surface area contributed by atoms with Crippen molar-refractivity contribution in [2.45, 2.75) is 19.1 Å². The van der Waals surface area contributed by atoms with Gasteiger partial charge >= 0.3 is 0 Å². The molecule has 2 N–H and O–H groups in total. The highest BCUT2D eigenvalue weighted by atomic mass is 35.5. The van der Waals surface area contributed by atoms with E-state index in [0.29, 0.717) is 91.9 Å². The van der Waals surface area contributed by atoms with Gasteiger partial charge in [-0.3, -0.25) is 4.98 Å². The van der Waals surface area contributed by atoms with Gasteiger partial charge in [-0.05, 0) is 30.2 Å². The fraction of sp³-hybridized carbons (Fsp3) is 0.423. The second-order valence-corrected chi connectivity index (χ2v) is 9.05. The predicted molar refractivity (Wildman–Crippen MR) is 137 cm³/mol. The number of nitriles is 1. The van der Waals surface area contributed by atoms with Crippen molar-refractivity contribution in [3.05, 3.63) is 53.0 Å². The molecule has 196 valence electrons. The summed E-state index contributed by atoms with van der Waals surface area (Å²) in [6, 6.07) is 9.33. The average molecular weight is 530 g/mol. The van der Waals surface area contributed by atoms with Gasteiger partial charge in [-0.25, -0.2) is 9.37 Å². The molecule has 37 heavy (non-hydrogen) atoms. The lowest BCUT2D eigenvalue weighted by atomic mass is 10.1. The van der Waals surface area contributed by atoms with Gasteiger partial charge in [0.15, 0.2) is 11.5 Å². The maximum absolute atomic E-state index is 14.6. The molecular weight excluding hydrogens is 501 g/mol. The van der Waals surface area contributed by atoms with Gasteiger partial charge in [-0.2, -0.15) is 5.26 Å². The lowest BCUT2D eigenvalue weighted by Gasteiger charge is -2.20. The summed E-state index contributed by atoms with van der Waals surface area (Å²) in [6.07, 6.45) is 1.20. The van der Waals surface area contributed by atoms with Crippen molar-refractivity contribution in [1.29, 1.82) is 5.26 Å². The molecule has 0 aliphatic carbocycles. The number of methoxy groups -OCH3 is 1. The molecule has 5 rings (SSSR count). The topological polar surface area (TPSA) is 113 Å². The Morgan fingerprint density at radius 1 is 1.27 bits per heavy atom. The first kappa shape index (κ1) is 26.8. The number of hydrogen-bond donors (Lipinski definition) is 2. The Kier molecular flexibility index (Phi) is 8.61. The van der Waals surface area contributed by atoms with E-state index < -0.39 is 11.9 Å². The standard InChI is InChI=1S/C26H28FN5O4.ClH/c1-34-24-3-2-21-25(31-24)19(20(27)13-30-21)4-5-32-14-18(22(33)15-32)12-29-11-16-8-17(10-28)26-23(9-16)35-6-7-36-26;/h2-3,8-9,13,18,22,29,33H,4-7,11-12,14-15H2,1H3;1H/t18-,22+;/m0./s1. The largest absolute Gasteiger partial charge is 0.486 e. The average Bonchev–Trinajstić information content (AvgIpc) is 3.26. The molecule has 1 fully saturated rings. The zero-order valence-corrected chi connectivity index (χ0v) is 21.3. The van der Waals surface area contributed by atoms with E-state index in [2.05, 4.69) is 26.3 Å². The number of aliphatic hydroxyl groups excluding tert-OH is 1. The van der Waals surface area contributed by atoms with Crippen molar-refractivity contribution in [2.75, 3.05) is 46.5 Å². The maximum atomic E-state index is 14.6. The predicted octanol–water partition coefficient (Wildman–Crippen LogP) is 2.47. The second kappa shape index (κ2) is 11.9. The molecule has 2 aliphatic heterocycles. The molecular formula is C26H29ClFN5O4. The van der Waals surface area contributed by atoms with Gasteiger partial charge in [0.05, 0.1) is 36.0 Å². The summed E-state index contributed by atoms with van der Waals surface area (Å²) in [4.78, 5) is 10.7. The van der Waals surface area contributed by atoms with Gasteiger partial charge in [0.2, 0.25) is 5.88 Å². The van der Waals surface area contributed by atoms with E-state index in [-0.39, 0.29) is 18.3 Å². The van der Waals surface area contributed by atoms with Crippen LogP contribution in [0.1, 0.15) is 16.7 Å². The van der Waals surface area contributed by atoms with Crippen molar-refractivity contribution in [2.24, 2.45) is 5.92 Å². The third kappa shape index (κ3) is 5.86. The fourth-order valence-corrected chi connectivity index (χ4v) is 4.82. The summed E-state index contributed by atoms with van der Waals surface area (Å²) >= 11 is 0. The van der Waals surface area contributed by atoms with Crippen molar-refractivity contribution < 1.29 is 23.7 Å². The highest BCUT2D eigenvalue weighted by molar-refractivity contribution is 5.85. The van der Waals surface area contributed by atoms with Gasteiger partial charge in [-0.1, -0.05) is 0 Å². The SMILES string of the molecule is COc1ccc2ncc(F)c(CCN3C[C@H](CNCc4cc(C#N)c5c(c4)OCCO5)[C@H](O)C3)c2n1.Cl. The van der Waals surface area contributed by atoms with Crippen LogP contribution in [0.3, 0.4) is 0 Å². The third-order valence-electron chi connectivity index (χ3n) is 6.67. The maximum Gasteiger partial charge on any atom is 0.213 e. The summed E-state index contributed by atoms with van der Waals surface area (Å²) in [5.74, 6) is 1.15. The first-order valence-corrected chi connectivity index (χ1v) is 12.0. The zero-order valence-electron chi connectivity index (χ0n) is 20.4. The molecule has 1 saturated heterocycles. The Hall–Kier alpha value is -3.23. The van der Waals surface area contributed by atoms with Crippen LogP contribution in [0, 0.1) is 23.1 Å². The number of fused-ring (bicyclic) bond motifs is 2. The molecule has 2 atom stereocenters. The Morgan fingerprint density at radius 2 is 2.11 bits per heavy atom. The van der Waals surface area contributed by atoms with Crippen LogP contribution in [0.25, 0.3) is 11.0 Å². The number of nitrogens with one attached hydrogen (secondary N) is 1. The molecule has 4 heterocycles. The third-order valence-corrected chi connectivity index (χ3v) is 6.67. The van der Waals surface area contributed by atoms with Crippen molar-refractivity contribution in [3.8, 4) is 23.4 Å². The molecule has 0 spiro atoms. The van der Waals surface area contributed by atoms with Crippen LogP contribution in [0.15, 0.2) is 30.5 Å². The van der Waals surface area contributed by atoms with E-state index in [1.807, 2.05) is 6.07 Å². The number of pyridine rings is 2. The van der Waals surface area contributed by atoms with Gasteiger partial charge in [0.25, 0.3) is 0 Å². The number of rotatable bonds is 8. The number of nitrogens with zero attached hydrogens (tertiary/aromatic N) is 4. The summed E-state index contributed by atoms with van der Waals surface area (Å²) in [6.45, 7) is 3.86. The number of likely N-dealkylation sites (tertiary alicyclic amines) is 1. The molecule has 0 unspecified atom stereocenters. The molecule has 9 nitrogen and oxygen atoms in total. The second-order valence-electron chi connectivity index (χ2n) is 9.05. The van der Waals surface area contributed by atoms with Crippen LogP contribution in [0.5, 0.6) is 17.4 Å². The molecule has 0 saturated carbocycles. The Labute approximate surface area is 220 Å². The van der Waals surface area contributed by atoms with E-state index >= 15 is 0 Å².